The Morgan fingerprint density at radius 2 is 1.12 bits per heavy atom. The highest BCUT2D eigenvalue weighted by Gasteiger charge is 2.23. The Morgan fingerprint density at radius 3 is 1.88 bits per heavy atom. The molecule has 3 heterocycles. The molecule has 278 valence electrons. The summed E-state index contributed by atoms with van der Waals surface area (Å²) in [5, 5.41) is 20.1. The van der Waals surface area contributed by atoms with Crippen LogP contribution in [0.5, 0.6) is 0 Å². The van der Waals surface area contributed by atoms with Gasteiger partial charge in [-0.2, -0.15) is 5.26 Å². The second kappa shape index (κ2) is 13.2. The summed E-state index contributed by atoms with van der Waals surface area (Å²) in [5.41, 5.74) is 9.35. The van der Waals surface area contributed by atoms with Crippen LogP contribution in [0.25, 0.3) is 90.8 Å². The molecule has 12 rings (SSSR count). The topological polar surface area (TPSA) is 41.2 Å². The van der Waals surface area contributed by atoms with Gasteiger partial charge in [-0.15, -0.1) is 11.3 Å². The van der Waals surface area contributed by atoms with Crippen LogP contribution in [-0.4, -0.2) is 9.13 Å². The molecule has 0 N–H and O–H groups in total. The highest BCUT2D eigenvalue weighted by Crippen LogP contribution is 2.45. The largest absolute Gasteiger partial charge is 0.319 e. The molecule has 3 aromatic heterocycles. The van der Waals surface area contributed by atoms with E-state index in [2.05, 4.69) is 183 Å². The molecule has 12 aromatic rings. The minimum atomic E-state index is 0.466. The van der Waals surface area contributed by atoms with E-state index in [4.69, 9.17) is 6.57 Å². The molecule has 0 saturated heterocycles. The molecule has 0 radical (unpaired) electrons. The zero-order valence-electron chi connectivity index (χ0n) is 32.0. The number of benzene rings is 9. The number of thiophene rings is 1. The van der Waals surface area contributed by atoms with E-state index in [1.165, 1.54) is 20.2 Å². The number of aromatic nitrogens is 2. The molecule has 6 heteroatoms. The van der Waals surface area contributed by atoms with Gasteiger partial charge >= 0.3 is 0 Å². The van der Waals surface area contributed by atoms with Crippen molar-refractivity contribution < 1.29 is 0 Å². The van der Waals surface area contributed by atoms with Crippen molar-refractivity contribution in [1.29, 1.82) is 5.26 Å². The highest BCUT2D eigenvalue weighted by molar-refractivity contribution is 7.25. The second-order valence-electron chi connectivity index (χ2n) is 15.1. The van der Waals surface area contributed by atoms with Gasteiger partial charge in [0.25, 0.3) is 0 Å². The van der Waals surface area contributed by atoms with Gasteiger partial charge in [0.15, 0.2) is 0 Å². The van der Waals surface area contributed by atoms with Crippen molar-refractivity contribution in [1.82, 2.24) is 9.13 Å². The van der Waals surface area contributed by atoms with Crippen LogP contribution in [0, 0.1) is 17.9 Å². The zero-order valence-corrected chi connectivity index (χ0v) is 32.9. The van der Waals surface area contributed by atoms with E-state index in [0.29, 0.717) is 22.6 Å². The molecule has 0 bridgehead atoms. The summed E-state index contributed by atoms with van der Waals surface area (Å²) in [5.74, 6) is 0. The molecule has 0 saturated carbocycles. The SMILES string of the molecule is [C-]#[N+]c1cc(-n2c3ccc(N(c4ccccc4)c4ccccc4)cc3c3c4ccccc4ccc32)c(C#N)cc1-n1c2ccccc2c2cc3sc4ccccc4c3cc21. The lowest BCUT2D eigenvalue weighted by atomic mass is 10.0. The first-order chi connectivity index (χ1) is 29.7. The summed E-state index contributed by atoms with van der Waals surface area (Å²) in [6.07, 6.45) is 0. The van der Waals surface area contributed by atoms with Gasteiger partial charge < -0.3 is 14.0 Å². The standard InChI is InChI=1S/C54H31N5S/c1-56-45-32-49(35(33-55)28-51(45)59-46-22-12-10-20-40(46)42-31-53-43(30-50(42)59)41-21-11-13-23-52(41)60-53)58-47-27-25-38(57(36-15-4-2-5-16-36)37-17-6-3-7-18-37)29-44(47)54-39-19-9-8-14-34(39)24-26-48(54)58/h2-32H. The minimum absolute atomic E-state index is 0.466. The van der Waals surface area contributed by atoms with Crippen LogP contribution in [0.4, 0.5) is 22.7 Å². The first-order valence-corrected chi connectivity index (χ1v) is 20.7. The van der Waals surface area contributed by atoms with E-state index in [1.807, 2.05) is 30.3 Å². The van der Waals surface area contributed by atoms with Crippen LogP contribution in [0.15, 0.2) is 188 Å². The van der Waals surface area contributed by atoms with Crippen LogP contribution in [0.1, 0.15) is 5.56 Å². The summed E-state index contributed by atoms with van der Waals surface area (Å²) in [6.45, 7) is 8.66. The predicted molar refractivity (Wildman–Crippen MR) is 251 cm³/mol. The number of fused-ring (bicyclic) bond motifs is 11. The second-order valence-corrected chi connectivity index (χ2v) is 16.2. The lowest BCUT2D eigenvalue weighted by molar-refractivity contribution is 1.14. The number of nitriles is 1. The summed E-state index contributed by atoms with van der Waals surface area (Å²) in [7, 11) is 0. The highest BCUT2D eigenvalue weighted by atomic mass is 32.1. The van der Waals surface area contributed by atoms with E-state index in [0.717, 1.165) is 71.4 Å². The number of hydrogen-bond donors (Lipinski definition) is 0. The molecular weight excluding hydrogens is 751 g/mol. The monoisotopic (exact) mass is 781 g/mol. The lowest BCUT2D eigenvalue weighted by Crippen LogP contribution is -2.09. The average Bonchev–Trinajstić information content (AvgIpc) is 3.95. The molecule has 0 atom stereocenters. The van der Waals surface area contributed by atoms with Crippen LogP contribution < -0.4 is 4.90 Å². The Morgan fingerprint density at radius 1 is 0.467 bits per heavy atom. The van der Waals surface area contributed by atoms with Crippen LogP contribution in [0.2, 0.25) is 0 Å². The molecule has 0 aliphatic heterocycles. The van der Waals surface area contributed by atoms with E-state index >= 15 is 0 Å². The maximum Gasteiger partial charge on any atom is 0.212 e. The van der Waals surface area contributed by atoms with E-state index < -0.39 is 0 Å². The third-order valence-corrected chi connectivity index (χ3v) is 13.0. The number of rotatable bonds is 5. The summed E-state index contributed by atoms with van der Waals surface area (Å²) in [4.78, 5) is 6.48. The van der Waals surface area contributed by atoms with E-state index in [-0.39, 0.29) is 0 Å². The zero-order chi connectivity index (χ0) is 39.9. The fourth-order valence-electron chi connectivity index (χ4n) is 9.33. The summed E-state index contributed by atoms with van der Waals surface area (Å²) < 4.78 is 6.83. The van der Waals surface area contributed by atoms with Gasteiger partial charge in [0.05, 0.1) is 45.6 Å². The normalized spacial score (nSPS) is 11.6. The molecule has 9 aromatic carbocycles. The number of anilines is 3. The van der Waals surface area contributed by atoms with Crippen molar-refractivity contribution in [2.45, 2.75) is 0 Å². The third kappa shape index (κ3) is 4.96. The van der Waals surface area contributed by atoms with Gasteiger partial charge in [-0.3, -0.25) is 0 Å². The van der Waals surface area contributed by atoms with Gasteiger partial charge in [0, 0.05) is 58.8 Å². The van der Waals surface area contributed by atoms with Gasteiger partial charge in [-0.25, -0.2) is 4.85 Å². The fourth-order valence-corrected chi connectivity index (χ4v) is 10.5. The number of para-hydroxylation sites is 3. The van der Waals surface area contributed by atoms with Crippen molar-refractivity contribution in [2.75, 3.05) is 4.90 Å². The molecule has 0 amide bonds. The number of hydrogen-bond acceptors (Lipinski definition) is 3. The molecule has 0 spiro atoms. The van der Waals surface area contributed by atoms with Crippen molar-refractivity contribution >= 4 is 109 Å². The van der Waals surface area contributed by atoms with Gasteiger partial charge in [-0.05, 0) is 95.7 Å². The van der Waals surface area contributed by atoms with E-state index in [1.54, 1.807) is 11.3 Å². The third-order valence-electron chi connectivity index (χ3n) is 11.9. The first-order valence-electron chi connectivity index (χ1n) is 19.9. The van der Waals surface area contributed by atoms with Crippen molar-refractivity contribution in [2.24, 2.45) is 0 Å². The molecular formula is C54H31N5S. The maximum absolute atomic E-state index is 11.1. The maximum atomic E-state index is 11.1. The van der Waals surface area contributed by atoms with Gasteiger partial charge in [-0.1, -0.05) is 103 Å². The smallest absolute Gasteiger partial charge is 0.212 e. The Balaban J connectivity index is 1.13. The molecule has 5 nitrogen and oxygen atoms in total. The number of nitrogens with zero attached hydrogens (tertiary/aromatic N) is 5. The van der Waals surface area contributed by atoms with Gasteiger partial charge in [0.1, 0.15) is 6.07 Å². The van der Waals surface area contributed by atoms with Crippen molar-refractivity contribution in [3.8, 4) is 17.4 Å². The predicted octanol–water partition coefficient (Wildman–Crippen LogP) is 15.3. The molecule has 60 heavy (non-hydrogen) atoms. The Labute approximate surface area is 348 Å². The average molecular weight is 782 g/mol. The minimum Gasteiger partial charge on any atom is -0.319 e. The molecule has 0 aliphatic rings. The van der Waals surface area contributed by atoms with Crippen LogP contribution >= 0.6 is 11.3 Å². The summed E-state index contributed by atoms with van der Waals surface area (Å²) in [6, 6.07) is 68.1. The molecule has 0 fully saturated rings. The quantitative estimate of drug-likeness (QED) is 0.163. The van der Waals surface area contributed by atoms with Crippen molar-refractivity contribution in [3.63, 3.8) is 0 Å². The van der Waals surface area contributed by atoms with Crippen LogP contribution in [0.3, 0.4) is 0 Å². The molecule has 0 aliphatic carbocycles. The molecule has 0 unspecified atom stereocenters. The Kier molecular flexibility index (Phi) is 7.46. The first kappa shape index (κ1) is 33.9. The lowest BCUT2D eigenvalue weighted by Gasteiger charge is -2.25. The Hall–Kier alpha value is -8.16. The van der Waals surface area contributed by atoms with Crippen LogP contribution in [-0.2, 0) is 0 Å². The summed E-state index contributed by atoms with van der Waals surface area (Å²) >= 11 is 1.80. The Bertz CT molecular complexity index is 3760. The van der Waals surface area contributed by atoms with Crippen molar-refractivity contribution in [3.05, 3.63) is 205 Å². The van der Waals surface area contributed by atoms with E-state index in [9.17, 15) is 5.26 Å². The van der Waals surface area contributed by atoms with Gasteiger partial charge in [0.2, 0.25) is 5.69 Å². The fraction of sp³-hybridized carbons (Fsp3) is 0.